The van der Waals surface area contributed by atoms with Crippen LogP contribution in [0.4, 0.5) is 13.2 Å². The first-order valence-corrected chi connectivity index (χ1v) is 6.93. The van der Waals surface area contributed by atoms with Gasteiger partial charge < -0.3 is 0 Å². The average molecular weight is 349 g/mol. The van der Waals surface area contributed by atoms with Crippen molar-refractivity contribution in [2.75, 3.05) is 5.43 Å². The smallest absolute Gasteiger partial charge is 0.268 e. The Morgan fingerprint density at radius 1 is 1.12 bits per heavy atom. The Labute approximate surface area is 138 Å². The van der Waals surface area contributed by atoms with E-state index in [9.17, 15) is 22.8 Å². The van der Waals surface area contributed by atoms with E-state index in [4.69, 9.17) is 0 Å². The molecule has 25 heavy (non-hydrogen) atoms. The summed E-state index contributed by atoms with van der Waals surface area (Å²) in [6.07, 6.45) is -1.98. The Morgan fingerprint density at radius 3 is 2.64 bits per heavy atom. The monoisotopic (exact) mass is 349 g/mol. The molecule has 0 atom stereocenters. The molecule has 0 spiro atoms. The van der Waals surface area contributed by atoms with Crippen molar-refractivity contribution in [1.29, 1.82) is 0 Å². The van der Waals surface area contributed by atoms with E-state index in [-0.39, 0.29) is 11.4 Å². The lowest BCUT2D eigenvalue weighted by atomic mass is 10.2. The molecule has 0 radical (unpaired) electrons. The van der Waals surface area contributed by atoms with Crippen LogP contribution < -0.4 is 11.0 Å². The summed E-state index contributed by atoms with van der Waals surface area (Å²) in [7, 11) is 0. The summed E-state index contributed by atoms with van der Waals surface area (Å²) >= 11 is 0. The highest BCUT2D eigenvalue weighted by Gasteiger charge is 2.30. The number of nitrogens with zero attached hydrogens (tertiary/aromatic N) is 4. The van der Waals surface area contributed by atoms with Crippen molar-refractivity contribution in [3.05, 3.63) is 76.5 Å². The third-order valence-corrected chi connectivity index (χ3v) is 3.21. The third-order valence-electron chi connectivity index (χ3n) is 3.21. The molecular formula is C15H10F3N5O2. The molecule has 10 heteroatoms. The van der Waals surface area contributed by atoms with Crippen molar-refractivity contribution in [2.24, 2.45) is 0 Å². The van der Waals surface area contributed by atoms with Crippen molar-refractivity contribution in [3.8, 4) is 5.69 Å². The number of aromatic nitrogens is 4. The number of carbonyl (C=O) groups excluding carboxylic acids is 1. The molecule has 0 aliphatic rings. The number of hydrogen-bond acceptors (Lipinski definition) is 4. The number of amides is 1. The highest BCUT2D eigenvalue weighted by molar-refractivity contribution is 5.97. The van der Waals surface area contributed by atoms with Crippen molar-refractivity contribution in [3.63, 3.8) is 0 Å². The molecule has 2 aromatic heterocycles. The predicted molar refractivity (Wildman–Crippen MR) is 80.8 cm³/mol. The van der Waals surface area contributed by atoms with Crippen LogP contribution in [-0.2, 0) is 6.18 Å². The highest BCUT2D eigenvalue weighted by Crippen LogP contribution is 2.30. The van der Waals surface area contributed by atoms with Gasteiger partial charge in [0.1, 0.15) is 0 Å². The Hall–Kier alpha value is -3.43. The van der Waals surface area contributed by atoms with Crippen LogP contribution in [-0.4, -0.2) is 25.6 Å². The van der Waals surface area contributed by atoms with Gasteiger partial charge in [-0.2, -0.15) is 13.2 Å². The SMILES string of the molecule is O=C(Nn1ccccc1=O)c1cn(-c2cccc(C(F)(F)F)c2)nn1. The van der Waals surface area contributed by atoms with E-state index >= 15 is 0 Å². The number of nitrogens with one attached hydrogen (secondary N) is 1. The number of rotatable bonds is 3. The second-order valence-corrected chi connectivity index (χ2v) is 4.95. The van der Waals surface area contributed by atoms with Crippen molar-refractivity contribution in [2.45, 2.75) is 6.18 Å². The summed E-state index contributed by atoms with van der Waals surface area (Å²) in [6.45, 7) is 0. The molecule has 3 rings (SSSR count). The maximum absolute atomic E-state index is 12.8. The van der Waals surface area contributed by atoms with E-state index in [2.05, 4.69) is 15.7 Å². The minimum atomic E-state index is -4.49. The normalized spacial score (nSPS) is 11.3. The zero-order valence-electron chi connectivity index (χ0n) is 12.4. The first-order valence-electron chi connectivity index (χ1n) is 6.93. The fourth-order valence-electron chi connectivity index (χ4n) is 2.01. The molecule has 1 N–H and O–H groups in total. The van der Waals surface area contributed by atoms with Crippen LogP contribution in [0.25, 0.3) is 5.69 Å². The first kappa shape index (κ1) is 16.4. The molecule has 0 saturated heterocycles. The number of halogens is 3. The van der Waals surface area contributed by atoms with Crippen LogP contribution >= 0.6 is 0 Å². The van der Waals surface area contributed by atoms with Gasteiger partial charge in [-0.15, -0.1) is 5.10 Å². The molecule has 3 aromatic rings. The van der Waals surface area contributed by atoms with Gasteiger partial charge in [-0.3, -0.25) is 15.0 Å². The minimum Gasteiger partial charge on any atom is -0.268 e. The van der Waals surface area contributed by atoms with Crippen LogP contribution in [0, 0.1) is 0 Å². The van der Waals surface area contributed by atoms with Gasteiger partial charge in [0, 0.05) is 12.3 Å². The molecule has 0 saturated carbocycles. The molecule has 0 fully saturated rings. The lowest BCUT2D eigenvalue weighted by Gasteiger charge is -2.08. The Bertz CT molecular complexity index is 977. The molecule has 2 heterocycles. The van der Waals surface area contributed by atoms with Gasteiger partial charge in [0.2, 0.25) is 0 Å². The fourth-order valence-corrected chi connectivity index (χ4v) is 2.01. The number of pyridine rings is 1. The summed E-state index contributed by atoms with van der Waals surface area (Å²) < 4.78 is 40.3. The minimum absolute atomic E-state index is 0.0956. The molecular weight excluding hydrogens is 339 g/mol. The van der Waals surface area contributed by atoms with Crippen LogP contribution in [0.15, 0.2) is 59.7 Å². The first-order chi connectivity index (χ1) is 11.8. The Kier molecular flexibility index (Phi) is 4.09. The van der Waals surface area contributed by atoms with Gasteiger partial charge in [0.15, 0.2) is 5.69 Å². The number of carbonyl (C=O) groups is 1. The summed E-state index contributed by atoms with van der Waals surface area (Å²) in [5.74, 6) is -0.730. The van der Waals surface area contributed by atoms with Gasteiger partial charge in [-0.25, -0.2) is 9.36 Å². The molecule has 7 nitrogen and oxygen atoms in total. The van der Waals surface area contributed by atoms with Crippen molar-refractivity contribution in [1.82, 2.24) is 19.7 Å². The van der Waals surface area contributed by atoms with E-state index in [1.807, 2.05) is 0 Å². The number of alkyl halides is 3. The Morgan fingerprint density at radius 2 is 1.92 bits per heavy atom. The molecule has 0 aliphatic carbocycles. The topological polar surface area (TPSA) is 81.8 Å². The molecule has 0 bridgehead atoms. The van der Waals surface area contributed by atoms with E-state index in [0.717, 1.165) is 21.5 Å². The molecule has 0 aliphatic heterocycles. The molecule has 0 unspecified atom stereocenters. The fraction of sp³-hybridized carbons (Fsp3) is 0.0667. The largest absolute Gasteiger partial charge is 0.416 e. The molecule has 1 amide bonds. The summed E-state index contributed by atoms with van der Waals surface area (Å²) in [6, 6.07) is 8.74. The lowest BCUT2D eigenvalue weighted by molar-refractivity contribution is -0.137. The Balaban J connectivity index is 1.84. The van der Waals surface area contributed by atoms with Crippen molar-refractivity contribution < 1.29 is 18.0 Å². The number of hydrogen-bond donors (Lipinski definition) is 1. The van der Waals surface area contributed by atoms with Gasteiger partial charge in [-0.1, -0.05) is 17.3 Å². The summed E-state index contributed by atoms with van der Waals surface area (Å²) in [5.41, 5.74) is 0.930. The van der Waals surface area contributed by atoms with E-state index in [1.165, 1.54) is 36.7 Å². The van der Waals surface area contributed by atoms with E-state index in [1.54, 1.807) is 6.07 Å². The maximum atomic E-state index is 12.8. The van der Waals surface area contributed by atoms with Crippen molar-refractivity contribution >= 4 is 5.91 Å². The van der Waals surface area contributed by atoms with E-state index in [0.29, 0.717) is 0 Å². The summed E-state index contributed by atoms with van der Waals surface area (Å²) in [4.78, 5) is 23.6. The van der Waals surface area contributed by atoms with Gasteiger partial charge >= 0.3 is 6.18 Å². The second kappa shape index (κ2) is 6.23. The third kappa shape index (κ3) is 3.57. The summed E-state index contributed by atoms with van der Waals surface area (Å²) in [5, 5.41) is 7.26. The van der Waals surface area contributed by atoms with Gasteiger partial charge in [-0.05, 0) is 24.3 Å². The average Bonchev–Trinajstić information content (AvgIpc) is 3.06. The molecule has 1 aromatic carbocycles. The van der Waals surface area contributed by atoms with Crippen LogP contribution in [0.3, 0.4) is 0 Å². The van der Waals surface area contributed by atoms with Crippen LogP contribution in [0.1, 0.15) is 16.1 Å². The second-order valence-electron chi connectivity index (χ2n) is 4.95. The van der Waals surface area contributed by atoms with E-state index < -0.39 is 23.2 Å². The van der Waals surface area contributed by atoms with Crippen LogP contribution in [0.2, 0.25) is 0 Å². The molecule has 128 valence electrons. The zero-order valence-corrected chi connectivity index (χ0v) is 12.4. The van der Waals surface area contributed by atoms with Gasteiger partial charge in [0.25, 0.3) is 11.5 Å². The highest BCUT2D eigenvalue weighted by atomic mass is 19.4. The van der Waals surface area contributed by atoms with Crippen LogP contribution in [0.5, 0.6) is 0 Å². The standard InChI is InChI=1S/C15H10F3N5O2/c16-15(17,18)10-4-3-5-11(8-10)23-9-12(19-21-23)14(25)20-22-7-2-1-6-13(22)24/h1-9H,(H,20,25). The zero-order chi connectivity index (χ0) is 18.0. The quantitative estimate of drug-likeness (QED) is 0.782. The van der Waals surface area contributed by atoms with Gasteiger partial charge in [0.05, 0.1) is 17.4 Å². The predicted octanol–water partition coefficient (Wildman–Crippen LogP) is 1.83. The number of benzene rings is 1. The lowest BCUT2D eigenvalue weighted by Crippen LogP contribution is -2.32. The maximum Gasteiger partial charge on any atom is 0.416 e.